The summed E-state index contributed by atoms with van der Waals surface area (Å²) in [6.07, 6.45) is 5.27. The second kappa shape index (κ2) is 6.51. The number of piperidine rings is 1. The van der Waals surface area contributed by atoms with Crippen molar-refractivity contribution in [3.63, 3.8) is 0 Å². The maximum absolute atomic E-state index is 12.2. The van der Waals surface area contributed by atoms with Gasteiger partial charge in [-0.05, 0) is 31.9 Å². The lowest BCUT2D eigenvalue weighted by Gasteiger charge is -2.33. The zero-order chi connectivity index (χ0) is 17.2. The molecule has 0 amide bonds. The first-order valence-corrected chi connectivity index (χ1v) is 8.47. The Labute approximate surface area is 145 Å². The molecule has 0 unspecified atom stereocenters. The lowest BCUT2D eigenvalue weighted by Crippen LogP contribution is -2.40. The van der Waals surface area contributed by atoms with Crippen LogP contribution in [0.4, 0.5) is 11.6 Å². The van der Waals surface area contributed by atoms with Crippen LogP contribution in [0.1, 0.15) is 18.5 Å². The molecule has 1 N–H and O–H groups in total. The summed E-state index contributed by atoms with van der Waals surface area (Å²) in [5.74, 6) is 1.63. The maximum atomic E-state index is 12.2. The van der Waals surface area contributed by atoms with Gasteiger partial charge in [-0.3, -0.25) is 9.20 Å². The van der Waals surface area contributed by atoms with Crippen molar-refractivity contribution in [1.29, 1.82) is 0 Å². The van der Waals surface area contributed by atoms with E-state index in [1.165, 1.54) is 0 Å². The van der Waals surface area contributed by atoms with Gasteiger partial charge in [-0.15, -0.1) is 0 Å². The maximum Gasteiger partial charge on any atom is 0.259 e. The van der Waals surface area contributed by atoms with Crippen LogP contribution in [0.5, 0.6) is 0 Å². The van der Waals surface area contributed by atoms with Gasteiger partial charge in [-0.1, -0.05) is 6.07 Å². The van der Waals surface area contributed by atoms with E-state index in [-0.39, 0.29) is 5.56 Å². The molecule has 0 aromatic carbocycles. The molecule has 1 fully saturated rings. The van der Waals surface area contributed by atoms with Crippen molar-refractivity contribution < 1.29 is 0 Å². The number of nitrogens with zero attached hydrogens (tertiary/aromatic N) is 5. The first-order chi connectivity index (χ1) is 12.2. The van der Waals surface area contributed by atoms with Crippen LogP contribution in [0, 0.1) is 6.92 Å². The summed E-state index contributed by atoms with van der Waals surface area (Å²) < 4.78 is 1.56. The molecule has 3 aromatic rings. The molecule has 1 saturated heterocycles. The zero-order valence-electron chi connectivity index (χ0n) is 14.1. The predicted octanol–water partition coefficient (Wildman–Crippen LogP) is 1.87. The highest BCUT2D eigenvalue weighted by Gasteiger charge is 2.21. The molecule has 7 nitrogen and oxygen atoms in total. The smallest absolute Gasteiger partial charge is 0.259 e. The van der Waals surface area contributed by atoms with Crippen LogP contribution in [0.3, 0.4) is 0 Å². The van der Waals surface area contributed by atoms with Gasteiger partial charge in [-0.2, -0.15) is 0 Å². The molecule has 25 heavy (non-hydrogen) atoms. The lowest BCUT2D eigenvalue weighted by atomic mass is 10.1. The Balaban J connectivity index is 1.46. The number of aryl methyl sites for hydroxylation is 1. The van der Waals surface area contributed by atoms with Crippen LogP contribution in [0.25, 0.3) is 5.65 Å². The molecule has 0 spiro atoms. The molecule has 3 aromatic heterocycles. The first-order valence-electron chi connectivity index (χ1n) is 8.47. The van der Waals surface area contributed by atoms with Gasteiger partial charge < -0.3 is 10.2 Å². The minimum atomic E-state index is -0.0442. The fourth-order valence-corrected chi connectivity index (χ4v) is 3.20. The van der Waals surface area contributed by atoms with Crippen molar-refractivity contribution in [3.05, 3.63) is 58.9 Å². The van der Waals surface area contributed by atoms with Crippen molar-refractivity contribution in [2.45, 2.75) is 25.8 Å². The van der Waals surface area contributed by atoms with Gasteiger partial charge in [0.15, 0.2) is 0 Å². The number of rotatable bonds is 3. The number of nitrogens with one attached hydrogen (secondary N) is 1. The minimum Gasteiger partial charge on any atom is -0.367 e. The molecular weight excluding hydrogens is 316 g/mol. The molecule has 7 heteroatoms. The zero-order valence-corrected chi connectivity index (χ0v) is 14.1. The lowest BCUT2D eigenvalue weighted by molar-refractivity contribution is 0.522. The molecule has 4 rings (SSSR count). The molecule has 1 aliphatic rings. The van der Waals surface area contributed by atoms with Crippen LogP contribution in [0.2, 0.25) is 0 Å². The highest BCUT2D eigenvalue weighted by molar-refractivity contribution is 5.48. The molecular formula is C18H20N6O. The molecule has 0 bridgehead atoms. The highest BCUT2D eigenvalue weighted by atomic mass is 16.1. The number of hydrogen-bond donors (Lipinski definition) is 1. The summed E-state index contributed by atoms with van der Waals surface area (Å²) in [4.78, 5) is 27.4. The van der Waals surface area contributed by atoms with Crippen LogP contribution >= 0.6 is 0 Å². The summed E-state index contributed by atoms with van der Waals surface area (Å²) in [7, 11) is 0. The van der Waals surface area contributed by atoms with Crippen molar-refractivity contribution in [3.8, 4) is 0 Å². The predicted molar refractivity (Wildman–Crippen MR) is 97.1 cm³/mol. The second-order valence-corrected chi connectivity index (χ2v) is 6.33. The van der Waals surface area contributed by atoms with Gasteiger partial charge in [0.1, 0.15) is 23.6 Å². The summed E-state index contributed by atoms with van der Waals surface area (Å²) in [5.41, 5.74) is 1.59. The Morgan fingerprint density at radius 2 is 2.00 bits per heavy atom. The van der Waals surface area contributed by atoms with Gasteiger partial charge in [0.05, 0.1) is 0 Å². The van der Waals surface area contributed by atoms with Crippen molar-refractivity contribution in [1.82, 2.24) is 19.4 Å². The summed E-state index contributed by atoms with van der Waals surface area (Å²) in [6.45, 7) is 3.67. The monoisotopic (exact) mass is 336 g/mol. The molecule has 128 valence electrons. The number of pyridine rings is 1. The van der Waals surface area contributed by atoms with E-state index in [0.717, 1.165) is 43.3 Å². The standard InChI is InChI=1S/C18H20N6O/c1-13-10-15(20-12-19-13)21-14-5-8-23(9-6-14)17-11-18(25)24-7-3-2-4-16(24)22-17/h2-4,7,10-12,14H,5-6,8-9H2,1H3,(H,19,20,21). The van der Waals surface area contributed by atoms with Crippen molar-refractivity contribution in [2.24, 2.45) is 0 Å². The average Bonchev–Trinajstić information content (AvgIpc) is 2.62. The normalized spacial score (nSPS) is 15.5. The molecule has 0 aliphatic carbocycles. The summed E-state index contributed by atoms with van der Waals surface area (Å²) in [5, 5.41) is 3.47. The molecule has 0 radical (unpaired) electrons. The molecule has 0 saturated carbocycles. The van der Waals surface area contributed by atoms with Crippen LogP contribution < -0.4 is 15.8 Å². The van der Waals surface area contributed by atoms with E-state index in [1.807, 2.05) is 31.2 Å². The fraction of sp³-hybridized carbons (Fsp3) is 0.333. The SMILES string of the molecule is Cc1cc(NC2CCN(c3cc(=O)n4ccccc4n3)CC2)ncn1. The summed E-state index contributed by atoms with van der Waals surface area (Å²) >= 11 is 0. The minimum absolute atomic E-state index is 0.0442. The van der Waals surface area contributed by atoms with E-state index in [9.17, 15) is 4.79 Å². The highest BCUT2D eigenvalue weighted by Crippen LogP contribution is 2.19. The van der Waals surface area contributed by atoms with Crippen LogP contribution in [0.15, 0.2) is 47.7 Å². The molecule has 4 heterocycles. The fourth-order valence-electron chi connectivity index (χ4n) is 3.20. The topological polar surface area (TPSA) is 75.4 Å². The van der Waals surface area contributed by atoms with Gasteiger partial charge >= 0.3 is 0 Å². The van der Waals surface area contributed by atoms with Crippen molar-refractivity contribution >= 4 is 17.3 Å². The van der Waals surface area contributed by atoms with Gasteiger partial charge in [0.2, 0.25) is 0 Å². The van der Waals surface area contributed by atoms with Crippen LogP contribution in [-0.2, 0) is 0 Å². The van der Waals surface area contributed by atoms with Gasteiger partial charge in [0, 0.05) is 43.2 Å². The third-order valence-electron chi connectivity index (χ3n) is 4.53. The average molecular weight is 336 g/mol. The van der Waals surface area contributed by atoms with Crippen molar-refractivity contribution in [2.75, 3.05) is 23.3 Å². The Bertz CT molecular complexity index is 945. The number of aromatic nitrogens is 4. The third-order valence-corrected chi connectivity index (χ3v) is 4.53. The first kappa shape index (κ1) is 15.6. The van der Waals surface area contributed by atoms with E-state index < -0.39 is 0 Å². The molecule has 1 aliphatic heterocycles. The second-order valence-electron chi connectivity index (χ2n) is 6.33. The van der Waals surface area contributed by atoms with Crippen LogP contribution in [-0.4, -0.2) is 38.5 Å². The quantitative estimate of drug-likeness (QED) is 0.787. The Hall–Kier alpha value is -2.96. The van der Waals surface area contributed by atoms with Gasteiger partial charge in [-0.25, -0.2) is 15.0 Å². The van der Waals surface area contributed by atoms with E-state index in [1.54, 1.807) is 23.0 Å². The van der Waals surface area contributed by atoms with E-state index in [4.69, 9.17) is 0 Å². The Morgan fingerprint density at radius 3 is 2.80 bits per heavy atom. The number of fused-ring (bicyclic) bond motifs is 1. The third kappa shape index (κ3) is 3.31. The summed E-state index contributed by atoms with van der Waals surface area (Å²) in [6, 6.07) is 9.53. The number of anilines is 2. The number of hydrogen-bond acceptors (Lipinski definition) is 6. The van der Waals surface area contributed by atoms with E-state index in [2.05, 4.69) is 25.2 Å². The Morgan fingerprint density at radius 1 is 1.16 bits per heavy atom. The Kier molecular flexibility index (Phi) is 4.05. The van der Waals surface area contributed by atoms with E-state index in [0.29, 0.717) is 11.7 Å². The molecule has 0 atom stereocenters. The van der Waals surface area contributed by atoms with Gasteiger partial charge in [0.25, 0.3) is 5.56 Å². The van der Waals surface area contributed by atoms with E-state index >= 15 is 0 Å². The largest absolute Gasteiger partial charge is 0.367 e.